The van der Waals surface area contributed by atoms with Crippen molar-refractivity contribution in [2.75, 3.05) is 31.1 Å². The molecule has 0 aliphatic carbocycles. The number of hydrogen-bond acceptors (Lipinski definition) is 3. The van der Waals surface area contributed by atoms with Gasteiger partial charge in [0.2, 0.25) is 0 Å². The summed E-state index contributed by atoms with van der Waals surface area (Å²) in [6, 6.07) is 5.08. The number of nitrogens with one attached hydrogen (secondary N) is 1. The molecule has 1 aromatic rings. The van der Waals surface area contributed by atoms with Crippen LogP contribution in [0.5, 0.6) is 0 Å². The first kappa shape index (κ1) is 18.8. The summed E-state index contributed by atoms with van der Waals surface area (Å²) >= 11 is 6.22. The Morgan fingerprint density at radius 3 is 2.79 bits per heavy atom. The van der Waals surface area contributed by atoms with Gasteiger partial charge < -0.3 is 16.0 Å². The zero-order chi connectivity index (χ0) is 16.6. The smallest absolute Gasteiger partial charge is 0.322 e. The number of rotatable bonds is 3. The predicted molar refractivity (Wildman–Crippen MR) is 97.1 cm³/mol. The van der Waals surface area contributed by atoms with Crippen LogP contribution in [-0.4, -0.2) is 49.1 Å². The maximum Gasteiger partial charge on any atom is 0.322 e. The fourth-order valence-corrected chi connectivity index (χ4v) is 3.54. The molecule has 1 aromatic carbocycles. The fourth-order valence-electron chi connectivity index (χ4n) is 3.32. The topological polar surface area (TPSA) is 78.7 Å². The minimum atomic E-state index is -0.186. The monoisotopic (exact) mass is 372 g/mol. The second kappa shape index (κ2) is 7.59. The summed E-state index contributed by atoms with van der Waals surface area (Å²) in [5.41, 5.74) is 6.86. The molecule has 2 aliphatic rings. The maximum absolute atomic E-state index is 12.8. The van der Waals surface area contributed by atoms with Crippen LogP contribution in [0.25, 0.3) is 0 Å². The summed E-state index contributed by atoms with van der Waals surface area (Å²) < 4.78 is 0. The number of nitrogens with two attached hydrogens (primary N) is 1. The number of carbonyl (C=O) groups is 2. The lowest BCUT2D eigenvalue weighted by Crippen LogP contribution is -2.34. The van der Waals surface area contributed by atoms with Gasteiger partial charge in [0.25, 0.3) is 5.91 Å². The van der Waals surface area contributed by atoms with E-state index in [-0.39, 0.29) is 30.4 Å². The molecule has 0 radical (unpaired) electrons. The van der Waals surface area contributed by atoms with Crippen molar-refractivity contribution in [3.63, 3.8) is 0 Å². The van der Waals surface area contributed by atoms with E-state index in [9.17, 15) is 9.59 Å². The summed E-state index contributed by atoms with van der Waals surface area (Å²) in [6.45, 7) is 4.44. The highest BCUT2D eigenvalue weighted by atomic mass is 35.5. The fraction of sp³-hybridized carbons (Fsp3) is 0.500. The van der Waals surface area contributed by atoms with Gasteiger partial charge in [0, 0.05) is 31.2 Å². The Morgan fingerprint density at radius 2 is 2.21 bits per heavy atom. The average molecular weight is 373 g/mol. The van der Waals surface area contributed by atoms with Gasteiger partial charge in [-0.1, -0.05) is 11.6 Å². The minimum absolute atomic E-state index is 0. The molecule has 8 heteroatoms. The number of benzene rings is 1. The molecule has 0 bridgehead atoms. The Kier molecular flexibility index (Phi) is 5.96. The second-order valence-electron chi connectivity index (χ2n) is 6.19. The first-order valence-corrected chi connectivity index (χ1v) is 8.25. The first-order valence-electron chi connectivity index (χ1n) is 7.87. The van der Waals surface area contributed by atoms with Crippen molar-refractivity contribution in [3.8, 4) is 0 Å². The highest BCUT2D eigenvalue weighted by Crippen LogP contribution is 2.30. The van der Waals surface area contributed by atoms with Crippen LogP contribution in [-0.2, 0) is 0 Å². The Morgan fingerprint density at radius 1 is 1.46 bits per heavy atom. The molecule has 2 unspecified atom stereocenters. The molecule has 24 heavy (non-hydrogen) atoms. The van der Waals surface area contributed by atoms with Crippen LogP contribution in [0.15, 0.2) is 18.2 Å². The van der Waals surface area contributed by atoms with E-state index in [4.69, 9.17) is 17.3 Å². The van der Waals surface area contributed by atoms with E-state index in [0.717, 1.165) is 6.42 Å². The molecule has 0 aromatic heterocycles. The van der Waals surface area contributed by atoms with Gasteiger partial charge in [0.15, 0.2) is 0 Å². The molecular formula is C16H22Cl2N4O2. The van der Waals surface area contributed by atoms with Gasteiger partial charge in [-0.15, -0.1) is 12.4 Å². The lowest BCUT2D eigenvalue weighted by atomic mass is 10.1. The largest absolute Gasteiger partial charge is 0.336 e. The molecule has 6 nitrogen and oxygen atoms in total. The molecule has 2 fully saturated rings. The molecule has 3 amide bonds. The standard InChI is InChI=1S/C16H21ClN4O2.ClH/c1-10-6-11(8-18)9-21(10)15(22)12-2-3-13(17)14(7-12)20-5-4-19-16(20)23;/h2-3,7,10-11H,4-6,8-9,18H2,1H3,(H,19,23);1H. The van der Waals surface area contributed by atoms with Crippen molar-refractivity contribution >= 4 is 41.6 Å². The van der Waals surface area contributed by atoms with Crippen molar-refractivity contribution in [2.45, 2.75) is 19.4 Å². The number of likely N-dealkylation sites (tertiary alicyclic amines) is 1. The normalized spacial score (nSPS) is 23.2. The van der Waals surface area contributed by atoms with Gasteiger partial charge in [-0.2, -0.15) is 0 Å². The van der Waals surface area contributed by atoms with Gasteiger partial charge in [-0.05, 0) is 44.0 Å². The van der Waals surface area contributed by atoms with E-state index in [2.05, 4.69) is 5.32 Å². The third kappa shape index (κ3) is 3.45. The summed E-state index contributed by atoms with van der Waals surface area (Å²) in [7, 11) is 0. The molecular weight excluding hydrogens is 351 g/mol. The number of halogens is 2. The van der Waals surface area contributed by atoms with E-state index in [1.807, 2.05) is 11.8 Å². The Hall–Kier alpha value is -1.50. The van der Waals surface area contributed by atoms with Crippen molar-refractivity contribution < 1.29 is 9.59 Å². The third-order valence-corrected chi connectivity index (χ3v) is 4.92. The summed E-state index contributed by atoms with van der Waals surface area (Å²) in [5, 5.41) is 3.20. The van der Waals surface area contributed by atoms with E-state index in [1.54, 1.807) is 23.1 Å². The lowest BCUT2D eigenvalue weighted by molar-refractivity contribution is 0.0743. The van der Waals surface area contributed by atoms with Crippen LogP contribution >= 0.6 is 24.0 Å². The highest BCUT2D eigenvalue weighted by Gasteiger charge is 2.33. The quantitative estimate of drug-likeness (QED) is 0.852. The van der Waals surface area contributed by atoms with E-state index in [1.165, 1.54) is 0 Å². The zero-order valence-corrected chi connectivity index (χ0v) is 15.1. The SMILES string of the molecule is CC1CC(CN)CN1C(=O)c1ccc(Cl)c(N2CCNC2=O)c1.Cl. The molecule has 3 N–H and O–H groups in total. The van der Waals surface area contributed by atoms with E-state index < -0.39 is 0 Å². The molecule has 132 valence electrons. The van der Waals surface area contributed by atoms with Gasteiger partial charge >= 0.3 is 6.03 Å². The van der Waals surface area contributed by atoms with Gasteiger partial charge in [0.1, 0.15) is 0 Å². The van der Waals surface area contributed by atoms with E-state index >= 15 is 0 Å². The lowest BCUT2D eigenvalue weighted by Gasteiger charge is -2.23. The van der Waals surface area contributed by atoms with Gasteiger partial charge in [-0.3, -0.25) is 9.69 Å². The van der Waals surface area contributed by atoms with Crippen LogP contribution in [0.2, 0.25) is 5.02 Å². The Labute approximate surface area is 152 Å². The molecule has 0 saturated carbocycles. The maximum atomic E-state index is 12.8. The minimum Gasteiger partial charge on any atom is -0.336 e. The molecule has 2 heterocycles. The van der Waals surface area contributed by atoms with Gasteiger partial charge in [-0.25, -0.2) is 4.79 Å². The number of hydrogen-bond donors (Lipinski definition) is 2. The van der Waals surface area contributed by atoms with Crippen LogP contribution < -0.4 is 16.0 Å². The van der Waals surface area contributed by atoms with Crippen LogP contribution in [0.1, 0.15) is 23.7 Å². The van der Waals surface area contributed by atoms with Crippen LogP contribution in [0.4, 0.5) is 10.5 Å². The van der Waals surface area contributed by atoms with Crippen molar-refractivity contribution in [2.24, 2.45) is 11.7 Å². The van der Waals surface area contributed by atoms with Crippen LogP contribution in [0, 0.1) is 5.92 Å². The molecule has 2 saturated heterocycles. The number of carbonyl (C=O) groups excluding carboxylic acids is 2. The summed E-state index contributed by atoms with van der Waals surface area (Å²) in [4.78, 5) is 28.1. The van der Waals surface area contributed by atoms with Crippen molar-refractivity contribution in [3.05, 3.63) is 28.8 Å². The Balaban J connectivity index is 0.00000208. The molecule has 3 rings (SSSR count). The zero-order valence-electron chi connectivity index (χ0n) is 13.5. The summed E-state index contributed by atoms with van der Waals surface area (Å²) in [5.74, 6) is 0.316. The van der Waals surface area contributed by atoms with Crippen molar-refractivity contribution in [1.82, 2.24) is 10.2 Å². The Bertz CT molecular complexity index is 641. The number of anilines is 1. The average Bonchev–Trinajstić information content (AvgIpc) is 3.13. The number of urea groups is 1. The van der Waals surface area contributed by atoms with Crippen molar-refractivity contribution in [1.29, 1.82) is 0 Å². The predicted octanol–water partition coefficient (Wildman–Crippen LogP) is 2.10. The second-order valence-corrected chi connectivity index (χ2v) is 6.60. The number of amides is 3. The first-order chi connectivity index (χ1) is 11.0. The third-order valence-electron chi connectivity index (χ3n) is 4.60. The van der Waals surface area contributed by atoms with E-state index in [0.29, 0.717) is 48.4 Å². The molecule has 2 aliphatic heterocycles. The summed E-state index contributed by atoms with van der Waals surface area (Å²) in [6.07, 6.45) is 0.928. The molecule has 2 atom stereocenters. The van der Waals surface area contributed by atoms with Gasteiger partial charge in [0.05, 0.1) is 10.7 Å². The molecule has 0 spiro atoms. The number of nitrogens with zero attached hydrogens (tertiary/aromatic N) is 2. The highest BCUT2D eigenvalue weighted by molar-refractivity contribution is 6.34. The van der Waals surface area contributed by atoms with Crippen LogP contribution in [0.3, 0.4) is 0 Å².